The van der Waals surface area contributed by atoms with Crippen LogP contribution in [-0.2, 0) is 9.53 Å². The van der Waals surface area contributed by atoms with Gasteiger partial charge in [0.05, 0.1) is 13.0 Å². The summed E-state index contributed by atoms with van der Waals surface area (Å²) in [5, 5.41) is 12.0. The number of hydrogen-bond acceptors (Lipinski definition) is 4. The second kappa shape index (κ2) is 6.79. The zero-order valence-electron chi connectivity index (χ0n) is 9.41. The summed E-state index contributed by atoms with van der Waals surface area (Å²) < 4.78 is 4.64. The molecule has 0 fully saturated rings. The van der Waals surface area contributed by atoms with Gasteiger partial charge in [-0.15, -0.1) is 0 Å². The van der Waals surface area contributed by atoms with Crippen LogP contribution >= 0.6 is 0 Å². The molecule has 0 bridgehead atoms. The first-order chi connectivity index (χ1) is 6.52. The van der Waals surface area contributed by atoms with Crippen molar-refractivity contribution >= 4 is 5.97 Å². The van der Waals surface area contributed by atoms with Crippen LogP contribution in [0.1, 0.15) is 20.8 Å². The van der Waals surface area contributed by atoms with Gasteiger partial charge in [-0.25, -0.2) is 0 Å². The van der Waals surface area contributed by atoms with E-state index in [2.05, 4.69) is 10.1 Å². The van der Waals surface area contributed by atoms with E-state index < -0.39 is 0 Å². The molecule has 84 valence electrons. The first kappa shape index (κ1) is 13.4. The molecule has 4 heteroatoms. The summed E-state index contributed by atoms with van der Waals surface area (Å²) in [5.41, 5.74) is 0. The van der Waals surface area contributed by atoms with Gasteiger partial charge in [0, 0.05) is 19.2 Å². The number of methoxy groups -OCH3 is 1. The van der Waals surface area contributed by atoms with Crippen molar-refractivity contribution in [1.29, 1.82) is 0 Å². The van der Waals surface area contributed by atoms with Crippen molar-refractivity contribution in [2.45, 2.75) is 26.8 Å². The third-order valence-corrected chi connectivity index (χ3v) is 2.42. The Bertz CT molecular complexity index is 173. The summed E-state index contributed by atoms with van der Waals surface area (Å²) in [6, 6.07) is 0.0662. The molecule has 0 saturated carbocycles. The fourth-order valence-corrected chi connectivity index (χ4v) is 1.02. The molecule has 0 spiro atoms. The molecule has 4 nitrogen and oxygen atoms in total. The maximum absolute atomic E-state index is 11.2. The van der Waals surface area contributed by atoms with Gasteiger partial charge >= 0.3 is 5.97 Å². The topological polar surface area (TPSA) is 58.6 Å². The number of esters is 1. The molecule has 0 aromatic rings. The molecule has 0 aromatic carbocycles. The van der Waals surface area contributed by atoms with Crippen molar-refractivity contribution in [2.75, 3.05) is 20.3 Å². The Morgan fingerprint density at radius 1 is 1.43 bits per heavy atom. The summed E-state index contributed by atoms with van der Waals surface area (Å²) in [6.45, 7) is 6.58. The number of carbonyl (C=O) groups excluding carboxylic acids is 1. The van der Waals surface area contributed by atoms with Gasteiger partial charge in [0.15, 0.2) is 0 Å². The molecule has 0 aliphatic rings. The molecule has 3 atom stereocenters. The minimum absolute atomic E-state index is 0.0662. The van der Waals surface area contributed by atoms with Crippen LogP contribution in [0.4, 0.5) is 0 Å². The fourth-order valence-electron chi connectivity index (χ4n) is 1.02. The number of hydrogen-bond donors (Lipinski definition) is 2. The Morgan fingerprint density at radius 3 is 2.43 bits per heavy atom. The van der Waals surface area contributed by atoms with E-state index in [9.17, 15) is 4.79 Å². The molecule has 0 saturated heterocycles. The van der Waals surface area contributed by atoms with E-state index in [1.54, 1.807) is 0 Å². The number of carbonyl (C=O) groups is 1. The number of ether oxygens (including phenoxy) is 1. The summed E-state index contributed by atoms with van der Waals surface area (Å²) in [7, 11) is 1.39. The first-order valence-corrected chi connectivity index (χ1v) is 4.95. The molecule has 0 aliphatic heterocycles. The lowest BCUT2D eigenvalue weighted by molar-refractivity contribution is -0.145. The third kappa shape index (κ3) is 4.58. The van der Waals surface area contributed by atoms with Crippen molar-refractivity contribution in [3.8, 4) is 0 Å². The Kier molecular flexibility index (Phi) is 6.49. The van der Waals surface area contributed by atoms with Crippen LogP contribution in [0.3, 0.4) is 0 Å². The Labute approximate surface area is 85.6 Å². The van der Waals surface area contributed by atoms with Crippen LogP contribution in [0.25, 0.3) is 0 Å². The second-order valence-corrected chi connectivity index (χ2v) is 3.80. The van der Waals surface area contributed by atoms with Gasteiger partial charge in [-0.05, 0) is 12.8 Å². The highest BCUT2D eigenvalue weighted by atomic mass is 16.5. The fraction of sp³-hybridized carbons (Fsp3) is 0.900. The van der Waals surface area contributed by atoms with Crippen molar-refractivity contribution in [2.24, 2.45) is 11.8 Å². The minimum atomic E-state index is -0.207. The van der Waals surface area contributed by atoms with Crippen LogP contribution in [0, 0.1) is 11.8 Å². The predicted molar refractivity (Wildman–Crippen MR) is 54.9 cm³/mol. The standard InChI is InChI=1S/C10H21NO3/c1-7(6-12)5-11-9(3)8(2)10(13)14-4/h7-9,11-12H,5-6H2,1-4H3. The molecule has 14 heavy (non-hydrogen) atoms. The maximum atomic E-state index is 11.2. The number of rotatable bonds is 6. The highest BCUT2D eigenvalue weighted by molar-refractivity contribution is 5.72. The lowest BCUT2D eigenvalue weighted by Crippen LogP contribution is -2.39. The molecule has 0 heterocycles. The van der Waals surface area contributed by atoms with Gasteiger partial charge in [0.2, 0.25) is 0 Å². The van der Waals surface area contributed by atoms with E-state index in [0.717, 1.165) is 0 Å². The van der Waals surface area contributed by atoms with E-state index in [1.807, 2.05) is 20.8 Å². The molecular formula is C10H21NO3. The van der Waals surface area contributed by atoms with Crippen LogP contribution in [0.5, 0.6) is 0 Å². The SMILES string of the molecule is COC(=O)C(C)C(C)NCC(C)CO. The largest absolute Gasteiger partial charge is 0.469 e. The summed E-state index contributed by atoms with van der Waals surface area (Å²) in [5.74, 6) is -0.158. The molecule has 0 aromatic heterocycles. The average Bonchev–Trinajstić information content (AvgIpc) is 2.22. The highest BCUT2D eigenvalue weighted by Gasteiger charge is 2.20. The number of aliphatic hydroxyl groups excluding tert-OH is 1. The third-order valence-electron chi connectivity index (χ3n) is 2.42. The van der Waals surface area contributed by atoms with Gasteiger partial charge in [0.25, 0.3) is 0 Å². The van der Waals surface area contributed by atoms with Crippen LogP contribution in [0.15, 0.2) is 0 Å². The number of aliphatic hydroxyl groups is 1. The molecule has 0 amide bonds. The monoisotopic (exact) mass is 203 g/mol. The first-order valence-electron chi connectivity index (χ1n) is 4.95. The summed E-state index contributed by atoms with van der Waals surface area (Å²) in [6.07, 6.45) is 0. The second-order valence-electron chi connectivity index (χ2n) is 3.80. The van der Waals surface area contributed by atoms with Crippen molar-refractivity contribution in [3.05, 3.63) is 0 Å². The van der Waals surface area contributed by atoms with Gasteiger partial charge in [0.1, 0.15) is 0 Å². The van der Waals surface area contributed by atoms with Gasteiger partial charge < -0.3 is 15.2 Å². The Hall–Kier alpha value is -0.610. The Morgan fingerprint density at radius 2 is 2.00 bits per heavy atom. The smallest absolute Gasteiger partial charge is 0.309 e. The van der Waals surface area contributed by atoms with Crippen molar-refractivity contribution < 1.29 is 14.6 Å². The predicted octanol–water partition coefficient (Wildman–Crippen LogP) is 0.402. The van der Waals surface area contributed by atoms with E-state index >= 15 is 0 Å². The van der Waals surface area contributed by atoms with E-state index in [1.165, 1.54) is 7.11 Å². The minimum Gasteiger partial charge on any atom is -0.469 e. The van der Waals surface area contributed by atoms with E-state index in [0.29, 0.717) is 6.54 Å². The zero-order chi connectivity index (χ0) is 11.1. The molecular weight excluding hydrogens is 182 g/mol. The van der Waals surface area contributed by atoms with Gasteiger partial charge in [-0.3, -0.25) is 4.79 Å². The maximum Gasteiger partial charge on any atom is 0.309 e. The van der Waals surface area contributed by atoms with E-state index in [4.69, 9.17) is 5.11 Å². The Balaban J connectivity index is 3.83. The van der Waals surface area contributed by atoms with E-state index in [-0.39, 0.29) is 30.5 Å². The van der Waals surface area contributed by atoms with Crippen molar-refractivity contribution in [3.63, 3.8) is 0 Å². The average molecular weight is 203 g/mol. The van der Waals surface area contributed by atoms with Crippen LogP contribution in [0.2, 0.25) is 0 Å². The number of nitrogens with one attached hydrogen (secondary N) is 1. The molecule has 0 rings (SSSR count). The van der Waals surface area contributed by atoms with Crippen LogP contribution < -0.4 is 5.32 Å². The molecule has 2 N–H and O–H groups in total. The van der Waals surface area contributed by atoms with Gasteiger partial charge in [-0.2, -0.15) is 0 Å². The summed E-state index contributed by atoms with van der Waals surface area (Å²) >= 11 is 0. The lowest BCUT2D eigenvalue weighted by atomic mass is 10.0. The normalized spacial score (nSPS) is 17.2. The quantitative estimate of drug-likeness (QED) is 0.614. The van der Waals surface area contributed by atoms with Gasteiger partial charge in [-0.1, -0.05) is 13.8 Å². The molecule has 0 radical (unpaired) electrons. The summed E-state index contributed by atoms with van der Waals surface area (Å²) in [4.78, 5) is 11.2. The van der Waals surface area contributed by atoms with Crippen LogP contribution in [-0.4, -0.2) is 37.4 Å². The lowest BCUT2D eigenvalue weighted by Gasteiger charge is -2.20. The molecule has 0 aliphatic carbocycles. The zero-order valence-corrected chi connectivity index (χ0v) is 9.41. The van der Waals surface area contributed by atoms with Crippen molar-refractivity contribution in [1.82, 2.24) is 5.32 Å². The molecule has 3 unspecified atom stereocenters. The highest BCUT2D eigenvalue weighted by Crippen LogP contribution is 2.05.